The van der Waals surface area contributed by atoms with Crippen LogP contribution in [-0.2, 0) is 16.0 Å². The Bertz CT molecular complexity index is 976. The number of fused-ring (bicyclic) bond motifs is 1. The van der Waals surface area contributed by atoms with E-state index in [-0.39, 0.29) is 25.5 Å². The van der Waals surface area contributed by atoms with Crippen LogP contribution in [0.15, 0.2) is 9.73 Å². The molecule has 2 rings (SSSR count). The third-order valence-corrected chi connectivity index (χ3v) is 4.96. The van der Waals surface area contributed by atoms with Crippen molar-refractivity contribution in [3.05, 3.63) is 10.6 Å². The molecule has 182 valence electrons. The number of rotatable bonds is 13. The van der Waals surface area contributed by atoms with Crippen LogP contribution in [0.2, 0.25) is 0 Å². The SMILES string of the molecule is CN(C)c1nc(CCCCCOC(=O)N[C@@H](CCCN=C(N)N)C(=O)O)nc2nc(Br)[nH]c12. The fraction of sp³-hybridized carbons (Fsp3) is 0.579. The van der Waals surface area contributed by atoms with Gasteiger partial charge in [0.25, 0.3) is 0 Å². The molecule has 0 fully saturated rings. The number of hydrogen-bond donors (Lipinski definition) is 5. The zero-order valence-electron chi connectivity index (χ0n) is 18.7. The number of carboxylic acids is 1. The van der Waals surface area contributed by atoms with E-state index in [0.717, 1.165) is 24.2 Å². The molecule has 0 saturated heterocycles. The number of nitrogens with zero attached hydrogens (tertiary/aromatic N) is 5. The third-order valence-electron chi connectivity index (χ3n) is 4.59. The molecule has 2 heterocycles. The highest BCUT2D eigenvalue weighted by molar-refractivity contribution is 9.10. The Balaban J connectivity index is 1.71. The second kappa shape index (κ2) is 12.8. The smallest absolute Gasteiger partial charge is 0.407 e. The maximum atomic E-state index is 11.9. The maximum absolute atomic E-state index is 11.9. The molecular formula is C19H30BrN9O4. The molecule has 0 aliphatic rings. The summed E-state index contributed by atoms with van der Waals surface area (Å²) >= 11 is 3.32. The molecule has 0 bridgehead atoms. The van der Waals surface area contributed by atoms with Crippen molar-refractivity contribution in [3.8, 4) is 0 Å². The minimum absolute atomic E-state index is 0.0614. The molecular weight excluding hydrogens is 498 g/mol. The Morgan fingerprint density at radius 2 is 1.97 bits per heavy atom. The van der Waals surface area contributed by atoms with Crippen LogP contribution in [0.1, 0.15) is 37.9 Å². The number of carbonyl (C=O) groups excluding carboxylic acids is 1. The van der Waals surface area contributed by atoms with E-state index >= 15 is 0 Å². The molecule has 33 heavy (non-hydrogen) atoms. The second-order valence-corrected chi connectivity index (χ2v) is 8.27. The monoisotopic (exact) mass is 527 g/mol. The lowest BCUT2D eigenvalue weighted by Crippen LogP contribution is -2.41. The molecule has 0 aliphatic carbocycles. The maximum Gasteiger partial charge on any atom is 0.407 e. The topological polar surface area (TPSA) is 198 Å². The quantitative estimate of drug-likeness (QED) is 0.109. The number of aliphatic imine (C=N–C) groups is 1. The summed E-state index contributed by atoms with van der Waals surface area (Å²) in [7, 11) is 3.81. The Morgan fingerprint density at radius 3 is 2.64 bits per heavy atom. The number of carbonyl (C=O) groups is 2. The Morgan fingerprint density at radius 1 is 1.21 bits per heavy atom. The summed E-state index contributed by atoms with van der Waals surface area (Å²) in [4.78, 5) is 45.4. The van der Waals surface area contributed by atoms with Crippen LogP contribution >= 0.6 is 15.9 Å². The van der Waals surface area contributed by atoms with Gasteiger partial charge >= 0.3 is 12.1 Å². The molecule has 0 radical (unpaired) electrons. The minimum Gasteiger partial charge on any atom is -0.480 e. The van der Waals surface area contributed by atoms with Crippen molar-refractivity contribution in [3.63, 3.8) is 0 Å². The number of imidazole rings is 1. The number of hydrogen-bond acceptors (Lipinski definition) is 8. The van der Waals surface area contributed by atoms with Gasteiger partial charge in [-0.25, -0.2) is 24.5 Å². The molecule has 0 aromatic carbocycles. The predicted molar refractivity (Wildman–Crippen MR) is 127 cm³/mol. The highest BCUT2D eigenvalue weighted by Crippen LogP contribution is 2.22. The highest BCUT2D eigenvalue weighted by atomic mass is 79.9. The average molecular weight is 528 g/mol. The highest BCUT2D eigenvalue weighted by Gasteiger charge is 2.20. The number of nitrogens with one attached hydrogen (secondary N) is 2. The van der Waals surface area contributed by atoms with Gasteiger partial charge in [-0.3, -0.25) is 4.99 Å². The molecule has 7 N–H and O–H groups in total. The summed E-state index contributed by atoms with van der Waals surface area (Å²) in [5.74, 6) is 0.247. The zero-order valence-corrected chi connectivity index (χ0v) is 20.3. The molecule has 0 aliphatic heterocycles. The van der Waals surface area contributed by atoms with Crippen LogP contribution in [0.3, 0.4) is 0 Å². The lowest BCUT2D eigenvalue weighted by atomic mass is 10.1. The van der Waals surface area contributed by atoms with Crippen molar-refractivity contribution in [1.82, 2.24) is 25.3 Å². The van der Waals surface area contributed by atoms with Gasteiger partial charge in [0.2, 0.25) is 0 Å². The molecule has 14 heteroatoms. The number of aromatic nitrogens is 4. The number of guanidine groups is 1. The van der Waals surface area contributed by atoms with Gasteiger partial charge in [0.1, 0.15) is 17.4 Å². The van der Waals surface area contributed by atoms with E-state index < -0.39 is 18.1 Å². The molecule has 2 aromatic heterocycles. The van der Waals surface area contributed by atoms with E-state index in [0.29, 0.717) is 35.5 Å². The minimum atomic E-state index is -1.14. The van der Waals surface area contributed by atoms with E-state index in [4.69, 9.17) is 16.2 Å². The third kappa shape index (κ3) is 8.71. The van der Waals surface area contributed by atoms with Gasteiger partial charge in [-0.2, -0.15) is 0 Å². The molecule has 13 nitrogen and oxygen atoms in total. The number of anilines is 1. The van der Waals surface area contributed by atoms with Crippen molar-refractivity contribution in [2.24, 2.45) is 16.5 Å². The molecule has 0 spiro atoms. The Hall–Kier alpha value is -3.16. The number of amides is 1. The molecule has 0 saturated carbocycles. The first kappa shape index (κ1) is 26.1. The Kier molecular flexibility index (Phi) is 10.1. The number of aryl methyl sites for hydroxylation is 1. The van der Waals surface area contributed by atoms with E-state index in [1.807, 2.05) is 19.0 Å². The van der Waals surface area contributed by atoms with E-state index in [1.54, 1.807) is 0 Å². The first-order chi connectivity index (χ1) is 15.7. The average Bonchev–Trinajstić information content (AvgIpc) is 3.11. The number of aliphatic carboxylic acids is 1. The van der Waals surface area contributed by atoms with Crippen molar-refractivity contribution in [2.45, 2.75) is 44.6 Å². The normalized spacial score (nSPS) is 11.7. The van der Waals surface area contributed by atoms with Crippen molar-refractivity contribution >= 4 is 50.9 Å². The zero-order chi connectivity index (χ0) is 24.4. The summed E-state index contributed by atoms with van der Waals surface area (Å²) in [5.41, 5.74) is 11.8. The van der Waals surface area contributed by atoms with Gasteiger partial charge < -0.3 is 36.5 Å². The molecule has 0 unspecified atom stereocenters. The fourth-order valence-corrected chi connectivity index (χ4v) is 3.37. The molecule has 1 amide bonds. The number of H-pyrrole nitrogens is 1. The lowest BCUT2D eigenvalue weighted by molar-refractivity contribution is -0.139. The van der Waals surface area contributed by atoms with Gasteiger partial charge in [-0.1, -0.05) is 0 Å². The summed E-state index contributed by atoms with van der Waals surface area (Å²) in [6.07, 6.45) is 2.71. The van der Waals surface area contributed by atoms with Crippen LogP contribution in [0.5, 0.6) is 0 Å². The van der Waals surface area contributed by atoms with E-state index in [9.17, 15) is 14.7 Å². The number of carboxylic acid groups (broad SMARTS) is 1. The van der Waals surface area contributed by atoms with Crippen LogP contribution in [0.25, 0.3) is 11.2 Å². The number of unbranched alkanes of at least 4 members (excludes halogenated alkanes) is 2. The van der Waals surface area contributed by atoms with Gasteiger partial charge in [0.15, 0.2) is 22.2 Å². The molecule has 1 atom stereocenters. The van der Waals surface area contributed by atoms with Crippen LogP contribution in [-0.4, -0.2) is 76.4 Å². The van der Waals surface area contributed by atoms with Gasteiger partial charge in [0.05, 0.1) is 6.61 Å². The van der Waals surface area contributed by atoms with Crippen LogP contribution in [0, 0.1) is 0 Å². The summed E-state index contributed by atoms with van der Waals surface area (Å²) < 4.78 is 5.69. The number of halogens is 1. The van der Waals surface area contributed by atoms with Crippen LogP contribution in [0.4, 0.5) is 10.6 Å². The largest absolute Gasteiger partial charge is 0.480 e. The molecule has 2 aromatic rings. The first-order valence-electron chi connectivity index (χ1n) is 10.5. The summed E-state index contributed by atoms with van der Waals surface area (Å²) in [6, 6.07) is -1.06. The van der Waals surface area contributed by atoms with Gasteiger partial charge in [-0.15, -0.1) is 0 Å². The van der Waals surface area contributed by atoms with Crippen molar-refractivity contribution < 1.29 is 19.4 Å². The number of aromatic amines is 1. The van der Waals surface area contributed by atoms with E-state index in [1.165, 1.54) is 0 Å². The van der Waals surface area contributed by atoms with E-state index in [2.05, 4.69) is 46.2 Å². The predicted octanol–water partition coefficient (Wildman–Crippen LogP) is 1.13. The standard InChI is InChI=1S/C19H30BrN9O4/c1-29(2)15-13-14(28-17(20)27-13)25-12(26-15)8-4-3-5-10-33-19(32)24-11(16(30)31)7-6-9-23-18(21)22/h11H,3-10H2,1-2H3,(H,24,32)(H,30,31)(H4,21,22,23)(H,25,26,27,28)/t11-/m0/s1. The summed E-state index contributed by atoms with van der Waals surface area (Å²) in [5, 5.41) is 11.6. The number of nitrogens with two attached hydrogens (primary N) is 2. The first-order valence-corrected chi connectivity index (χ1v) is 11.3. The lowest BCUT2D eigenvalue weighted by Gasteiger charge is -2.14. The van der Waals surface area contributed by atoms with Crippen molar-refractivity contribution in [1.29, 1.82) is 0 Å². The second-order valence-electron chi connectivity index (χ2n) is 7.51. The number of alkyl carbamates (subject to hydrolysis) is 1. The number of ether oxygens (including phenoxy) is 1. The Labute approximate surface area is 199 Å². The van der Waals surface area contributed by atoms with Crippen molar-refractivity contribution in [2.75, 3.05) is 32.1 Å². The summed E-state index contributed by atoms with van der Waals surface area (Å²) in [6.45, 7) is 0.467. The van der Waals surface area contributed by atoms with Gasteiger partial charge in [-0.05, 0) is 48.0 Å². The van der Waals surface area contributed by atoms with Crippen LogP contribution < -0.4 is 21.7 Å². The van der Waals surface area contributed by atoms with Gasteiger partial charge in [0, 0.05) is 27.1 Å². The fourth-order valence-electron chi connectivity index (χ4n) is 3.01.